The van der Waals surface area contributed by atoms with Crippen LogP contribution in [-0.4, -0.2) is 16.5 Å². The fourth-order valence-electron chi connectivity index (χ4n) is 2.08. The second-order valence-electron chi connectivity index (χ2n) is 4.53. The van der Waals surface area contributed by atoms with Gasteiger partial charge in [0.2, 0.25) is 0 Å². The van der Waals surface area contributed by atoms with Crippen molar-refractivity contribution in [2.24, 2.45) is 5.84 Å². The normalized spacial score (nSPS) is 10.6. The molecular weight excluding hydrogens is 254 g/mol. The molecule has 0 radical (unpaired) electrons. The van der Waals surface area contributed by atoms with Gasteiger partial charge in [-0.25, -0.2) is 15.8 Å². The summed E-state index contributed by atoms with van der Waals surface area (Å²) in [7, 11) is 0. The van der Waals surface area contributed by atoms with Crippen molar-refractivity contribution in [1.29, 1.82) is 0 Å². The topological polar surface area (TPSA) is 80.2 Å². The maximum Gasteiger partial charge on any atom is 0.148 e. The number of aryl methyl sites for hydroxylation is 1. The molecule has 3 N–H and O–H groups in total. The van der Waals surface area contributed by atoms with Gasteiger partial charge in [-0.1, -0.05) is 6.92 Å². The minimum Gasteiger partial charge on any atom is -0.467 e. The lowest BCUT2D eigenvalue weighted by Gasteiger charge is -2.24. The second-order valence-corrected chi connectivity index (χ2v) is 4.53. The van der Waals surface area contributed by atoms with Crippen molar-refractivity contribution in [3.8, 4) is 0 Å². The van der Waals surface area contributed by atoms with E-state index in [0.717, 1.165) is 35.9 Å². The average molecular weight is 275 g/mol. The number of furan rings is 1. The minimum atomic E-state index is 0.671. The first-order chi connectivity index (χ1) is 9.69. The molecule has 108 valence electrons. The van der Waals surface area contributed by atoms with Crippen LogP contribution >= 0.6 is 0 Å². The van der Waals surface area contributed by atoms with E-state index in [9.17, 15) is 0 Å². The Labute approximate surface area is 119 Å². The number of rotatable bonds is 6. The van der Waals surface area contributed by atoms with Gasteiger partial charge in [0.05, 0.1) is 12.8 Å². The SMILES string of the molecule is CCc1nc(NN)c(C)c(N(CC)Cc2ccco2)n1. The van der Waals surface area contributed by atoms with Gasteiger partial charge in [0, 0.05) is 18.5 Å². The maximum atomic E-state index is 5.54. The van der Waals surface area contributed by atoms with Crippen LogP contribution in [0.2, 0.25) is 0 Å². The number of hydrazine groups is 1. The van der Waals surface area contributed by atoms with Gasteiger partial charge in [0.25, 0.3) is 0 Å². The third-order valence-electron chi connectivity index (χ3n) is 3.23. The molecule has 0 atom stereocenters. The first kappa shape index (κ1) is 14.3. The highest BCUT2D eigenvalue weighted by atomic mass is 16.3. The summed E-state index contributed by atoms with van der Waals surface area (Å²) in [5.74, 6) is 8.79. The molecule has 0 unspecified atom stereocenters. The van der Waals surface area contributed by atoms with Crippen LogP contribution in [0.4, 0.5) is 11.6 Å². The highest BCUT2D eigenvalue weighted by Gasteiger charge is 2.16. The number of hydrogen-bond donors (Lipinski definition) is 2. The Balaban J connectivity index is 2.37. The lowest BCUT2D eigenvalue weighted by atomic mass is 10.2. The number of hydrogen-bond acceptors (Lipinski definition) is 6. The maximum absolute atomic E-state index is 5.54. The minimum absolute atomic E-state index is 0.671. The quantitative estimate of drug-likeness (QED) is 0.621. The molecule has 0 aliphatic rings. The number of anilines is 2. The summed E-state index contributed by atoms with van der Waals surface area (Å²) in [5, 5.41) is 0. The molecule has 2 rings (SSSR count). The molecule has 2 aromatic rings. The molecule has 0 aliphatic heterocycles. The molecule has 0 aromatic carbocycles. The van der Waals surface area contributed by atoms with Crippen LogP contribution in [0.5, 0.6) is 0 Å². The predicted octanol–water partition coefficient (Wildman–Crippen LogP) is 2.25. The van der Waals surface area contributed by atoms with Gasteiger partial charge in [-0.3, -0.25) is 0 Å². The highest BCUT2D eigenvalue weighted by molar-refractivity contribution is 5.58. The largest absolute Gasteiger partial charge is 0.467 e. The van der Waals surface area contributed by atoms with E-state index in [1.165, 1.54) is 0 Å². The molecule has 0 amide bonds. The molecule has 6 heteroatoms. The molecule has 20 heavy (non-hydrogen) atoms. The lowest BCUT2D eigenvalue weighted by Crippen LogP contribution is -2.25. The summed E-state index contributed by atoms with van der Waals surface area (Å²) in [4.78, 5) is 11.2. The van der Waals surface area contributed by atoms with Gasteiger partial charge in [-0.05, 0) is 26.0 Å². The van der Waals surface area contributed by atoms with Gasteiger partial charge < -0.3 is 14.7 Å². The number of nitrogen functional groups attached to an aromatic ring is 1. The number of aromatic nitrogens is 2. The van der Waals surface area contributed by atoms with Crippen LogP contribution in [0.15, 0.2) is 22.8 Å². The number of nitrogens with zero attached hydrogens (tertiary/aromatic N) is 3. The van der Waals surface area contributed by atoms with E-state index in [-0.39, 0.29) is 0 Å². The Hall–Kier alpha value is -2.08. The van der Waals surface area contributed by atoms with Gasteiger partial charge in [-0.15, -0.1) is 0 Å². The Morgan fingerprint density at radius 1 is 1.35 bits per heavy atom. The summed E-state index contributed by atoms with van der Waals surface area (Å²) in [6, 6.07) is 3.85. The van der Waals surface area contributed by atoms with Gasteiger partial charge in [0.15, 0.2) is 0 Å². The summed E-state index contributed by atoms with van der Waals surface area (Å²) < 4.78 is 5.41. The zero-order valence-electron chi connectivity index (χ0n) is 12.2. The molecule has 6 nitrogen and oxygen atoms in total. The molecule has 0 fully saturated rings. The third-order valence-corrected chi connectivity index (χ3v) is 3.23. The Kier molecular flexibility index (Phi) is 4.57. The van der Waals surface area contributed by atoms with Crippen LogP contribution < -0.4 is 16.2 Å². The lowest BCUT2D eigenvalue weighted by molar-refractivity contribution is 0.502. The van der Waals surface area contributed by atoms with Crippen molar-refractivity contribution in [3.63, 3.8) is 0 Å². The Morgan fingerprint density at radius 3 is 2.70 bits per heavy atom. The Morgan fingerprint density at radius 2 is 2.15 bits per heavy atom. The smallest absolute Gasteiger partial charge is 0.148 e. The number of nitrogens with two attached hydrogens (primary N) is 1. The zero-order valence-corrected chi connectivity index (χ0v) is 12.2. The molecular formula is C14H21N5O. The van der Waals surface area contributed by atoms with E-state index in [4.69, 9.17) is 10.3 Å². The summed E-state index contributed by atoms with van der Waals surface area (Å²) in [6.07, 6.45) is 2.45. The van der Waals surface area contributed by atoms with Gasteiger partial charge in [0.1, 0.15) is 23.2 Å². The van der Waals surface area contributed by atoms with E-state index < -0.39 is 0 Å². The summed E-state index contributed by atoms with van der Waals surface area (Å²) in [5.41, 5.74) is 3.59. The zero-order chi connectivity index (χ0) is 14.5. The molecule has 2 heterocycles. The van der Waals surface area contributed by atoms with E-state index in [1.54, 1.807) is 6.26 Å². The molecule has 0 saturated carbocycles. The average Bonchev–Trinajstić information content (AvgIpc) is 2.98. The Bertz CT molecular complexity index is 553. The summed E-state index contributed by atoms with van der Waals surface area (Å²) >= 11 is 0. The second kappa shape index (κ2) is 6.38. The van der Waals surface area contributed by atoms with Crippen LogP contribution in [0.3, 0.4) is 0 Å². The van der Waals surface area contributed by atoms with Gasteiger partial charge in [-0.2, -0.15) is 0 Å². The standard InChI is InChI=1S/C14H21N5O/c1-4-12-16-13(18-15)10(3)14(17-12)19(5-2)9-11-7-6-8-20-11/h6-8H,4-5,9,15H2,1-3H3,(H,16,17,18). The van der Waals surface area contributed by atoms with Crippen molar-refractivity contribution in [2.75, 3.05) is 16.9 Å². The van der Waals surface area contributed by atoms with Gasteiger partial charge >= 0.3 is 0 Å². The highest BCUT2D eigenvalue weighted by Crippen LogP contribution is 2.24. The molecule has 0 bridgehead atoms. The van der Waals surface area contributed by atoms with Crippen LogP contribution in [-0.2, 0) is 13.0 Å². The fraction of sp³-hybridized carbons (Fsp3) is 0.429. The van der Waals surface area contributed by atoms with Crippen molar-refractivity contribution in [2.45, 2.75) is 33.7 Å². The molecule has 0 aliphatic carbocycles. The van der Waals surface area contributed by atoms with E-state index >= 15 is 0 Å². The third kappa shape index (κ3) is 2.91. The van der Waals surface area contributed by atoms with Crippen LogP contribution in [0, 0.1) is 6.92 Å². The predicted molar refractivity (Wildman–Crippen MR) is 79.4 cm³/mol. The van der Waals surface area contributed by atoms with Crippen molar-refractivity contribution in [3.05, 3.63) is 35.5 Å². The van der Waals surface area contributed by atoms with E-state index in [1.807, 2.05) is 26.0 Å². The van der Waals surface area contributed by atoms with Crippen LogP contribution in [0.25, 0.3) is 0 Å². The van der Waals surface area contributed by atoms with Crippen molar-refractivity contribution >= 4 is 11.6 Å². The van der Waals surface area contributed by atoms with E-state index in [0.29, 0.717) is 12.4 Å². The summed E-state index contributed by atoms with van der Waals surface area (Å²) in [6.45, 7) is 7.58. The monoisotopic (exact) mass is 275 g/mol. The molecule has 0 spiro atoms. The first-order valence-corrected chi connectivity index (χ1v) is 6.81. The van der Waals surface area contributed by atoms with Crippen molar-refractivity contribution in [1.82, 2.24) is 9.97 Å². The number of nitrogens with one attached hydrogen (secondary N) is 1. The molecule has 0 saturated heterocycles. The van der Waals surface area contributed by atoms with E-state index in [2.05, 4.69) is 27.2 Å². The fourth-order valence-corrected chi connectivity index (χ4v) is 2.08. The molecule has 2 aromatic heterocycles. The van der Waals surface area contributed by atoms with Crippen molar-refractivity contribution < 1.29 is 4.42 Å². The van der Waals surface area contributed by atoms with Crippen LogP contribution in [0.1, 0.15) is 31.0 Å². The first-order valence-electron chi connectivity index (χ1n) is 6.81.